The van der Waals surface area contributed by atoms with E-state index in [1.54, 1.807) is 0 Å². The van der Waals surface area contributed by atoms with Crippen molar-refractivity contribution in [1.82, 2.24) is 14.9 Å². The zero-order chi connectivity index (χ0) is 14.1. The number of hydrogen-bond donors (Lipinski definition) is 0. The Balaban J connectivity index is 1.77. The van der Waals surface area contributed by atoms with Gasteiger partial charge in [0, 0.05) is 43.5 Å². The van der Waals surface area contributed by atoms with Crippen LogP contribution in [0.4, 0.5) is 0 Å². The second-order valence-electron chi connectivity index (χ2n) is 5.71. The predicted octanol–water partition coefficient (Wildman–Crippen LogP) is 2.96. The summed E-state index contributed by atoms with van der Waals surface area (Å²) in [6.45, 7) is 9.42. The highest BCUT2D eigenvalue weighted by Crippen LogP contribution is 2.20. The van der Waals surface area contributed by atoms with E-state index in [2.05, 4.69) is 46.9 Å². The number of benzene rings is 1. The molecule has 0 saturated heterocycles. The molecule has 0 radical (unpaired) electrons. The van der Waals surface area contributed by atoms with Gasteiger partial charge >= 0.3 is 0 Å². The van der Waals surface area contributed by atoms with Gasteiger partial charge in [0.15, 0.2) is 0 Å². The molecule has 1 aliphatic heterocycles. The van der Waals surface area contributed by atoms with Crippen LogP contribution in [0.25, 0.3) is 0 Å². The molecule has 0 atom stereocenters. The van der Waals surface area contributed by atoms with Gasteiger partial charge in [-0.15, -0.1) is 0 Å². The quantitative estimate of drug-likeness (QED) is 0.837. The van der Waals surface area contributed by atoms with Crippen molar-refractivity contribution in [3.63, 3.8) is 0 Å². The van der Waals surface area contributed by atoms with Crippen LogP contribution >= 0.6 is 0 Å². The first-order chi connectivity index (χ1) is 9.63. The third-order valence-electron chi connectivity index (χ3n) is 4.24. The van der Waals surface area contributed by atoms with Crippen molar-refractivity contribution in [3.8, 4) is 0 Å². The molecular formula is C17H21N3. The summed E-state index contributed by atoms with van der Waals surface area (Å²) in [6, 6.07) is 6.58. The van der Waals surface area contributed by atoms with Crippen LogP contribution in [0.1, 0.15) is 33.8 Å². The highest BCUT2D eigenvalue weighted by atomic mass is 15.1. The molecule has 0 bridgehead atoms. The molecule has 2 aromatic rings. The molecule has 0 fully saturated rings. The molecule has 3 heteroatoms. The lowest BCUT2D eigenvalue weighted by molar-refractivity contribution is 0.242. The van der Waals surface area contributed by atoms with Crippen molar-refractivity contribution in [2.45, 2.75) is 40.3 Å². The number of rotatable bonds is 2. The molecule has 3 rings (SSSR count). The van der Waals surface area contributed by atoms with E-state index in [-0.39, 0.29) is 0 Å². The lowest BCUT2D eigenvalue weighted by atomic mass is 10.0. The number of hydrogen-bond acceptors (Lipinski definition) is 3. The normalized spacial score (nSPS) is 15.2. The largest absolute Gasteiger partial charge is 0.294 e. The number of nitrogens with zero attached hydrogens (tertiary/aromatic N) is 3. The first kappa shape index (κ1) is 13.3. The fourth-order valence-corrected chi connectivity index (χ4v) is 2.83. The minimum atomic E-state index is 0.881. The van der Waals surface area contributed by atoms with Crippen LogP contribution in [-0.4, -0.2) is 21.4 Å². The minimum absolute atomic E-state index is 0.881. The average Bonchev–Trinajstić information content (AvgIpc) is 2.44. The Hall–Kier alpha value is -1.74. The maximum absolute atomic E-state index is 4.55. The highest BCUT2D eigenvalue weighted by Gasteiger charge is 2.18. The Kier molecular flexibility index (Phi) is 3.53. The molecule has 0 spiro atoms. The second-order valence-corrected chi connectivity index (χ2v) is 5.71. The Labute approximate surface area is 120 Å². The van der Waals surface area contributed by atoms with Crippen molar-refractivity contribution >= 4 is 0 Å². The summed E-state index contributed by atoms with van der Waals surface area (Å²) in [4.78, 5) is 11.4. The number of fused-ring (bicyclic) bond motifs is 1. The molecule has 1 aromatic heterocycles. The van der Waals surface area contributed by atoms with Gasteiger partial charge in [0.05, 0.1) is 0 Å². The molecule has 0 saturated carbocycles. The Morgan fingerprint density at radius 3 is 2.90 bits per heavy atom. The Morgan fingerprint density at radius 1 is 1.20 bits per heavy atom. The van der Waals surface area contributed by atoms with Crippen LogP contribution in [0.2, 0.25) is 0 Å². The third-order valence-corrected chi connectivity index (χ3v) is 4.24. The van der Waals surface area contributed by atoms with Crippen molar-refractivity contribution in [1.29, 1.82) is 0 Å². The topological polar surface area (TPSA) is 29.0 Å². The van der Waals surface area contributed by atoms with E-state index in [0.29, 0.717) is 0 Å². The highest BCUT2D eigenvalue weighted by molar-refractivity contribution is 5.33. The zero-order valence-corrected chi connectivity index (χ0v) is 12.5. The maximum Gasteiger partial charge on any atom is 0.125 e. The van der Waals surface area contributed by atoms with Gasteiger partial charge < -0.3 is 0 Å². The van der Waals surface area contributed by atoms with Crippen molar-refractivity contribution in [3.05, 3.63) is 58.2 Å². The van der Waals surface area contributed by atoms with E-state index in [1.165, 1.54) is 27.9 Å². The molecule has 104 valence electrons. The standard InChI is InChI=1S/C17H21N3/c1-12-5-4-6-15(13(12)2)10-20-8-7-17-16(11-20)9-18-14(3)19-17/h4-6,9H,7-8,10-11H2,1-3H3. The van der Waals surface area contributed by atoms with E-state index in [0.717, 1.165) is 31.9 Å². The monoisotopic (exact) mass is 267 g/mol. The van der Waals surface area contributed by atoms with Gasteiger partial charge in [0.25, 0.3) is 0 Å². The Bertz CT molecular complexity index is 634. The summed E-state index contributed by atoms with van der Waals surface area (Å²) in [7, 11) is 0. The first-order valence-corrected chi connectivity index (χ1v) is 7.22. The van der Waals surface area contributed by atoms with Gasteiger partial charge in [0.2, 0.25) is 0 Å². The molecule has 20 heavy (non-hydrogen) atoms. The zero-order valence-electron chi connectivity index (χ0n) is 12.5. The molecule has 1 aromatic carbocycles. The van der Waals surface area contributed by atoms with Crippen LogP contribution in [-0.2, 0) is 19.5 Å². The summed E-state index contributed by atoms with van der Waals surface area (Å²) in [6.07, 6.45) is 3.02. The summed E-state index contributed by atoms with van der Waals surface area (Å²) < 4.78 is 0. The maximum atomic E-state index is 4.55. The summed E-state index contributed by atoms with van der Waals surface area (Å²) in [5.74, 6) is 0.881. The average molecular weight is 267 g/mol. The van der Waals surface area contributed by atoms with Crippen molar-refractivity contribution < 1.29 is 0 Å². The minimum Gasteiger partial charge on any atom is -0.294 e. The lowest BCUT2D eigenvalue weighted by Gasteiger charge is -2.28. The second kappa shape index (κ2) is 5.33. The smallest absolute Gasteiger partial charge is 0.125 e. The fourth-order valence-electron chi connectivity index (χ4n) is 2.83. The molecule has 2 heterocycles. The van der Waals surface area contributed by atoms with E-state index in [9.17, 15) is 0 Å². The van der Waals surface area contributed by atoms with Crippen molar-refractivity contribution in [2.24, 2.45) is 0 Å². The molecular weight excluding hydrogens is 246 g/mol. The van der Waals surface area contributed by atoms with Gasteiger partial charge in [-0.05, 0) is 37.5 Å². The van der Waals surface area contributed by atoms with Gasteiger partial charge in [0.1, 0.15) is 5.82 Å². The summed E-state index contributed by atoms with van der Waals surface area (Å²) >= 11 is 0. The number of aromatic nitrogens is 2. The van der Waals surface area contributed by atoms with Gasteiger partial charge in [-0.3, -0.25) is 4.90 Å². The van der Waals surface area contributed by atoms with Gasteiger partial charge in [-0.2, -0.15) is 0 Å². The SMILES string of the molecule is Cc1ncc2c(n1)CCN(Cc1cccc(C)c1C)C2. The molecule has 0 unspecified atom stereocenters. The molecule has 0 aliphatic carbocycles. The van der Waals surface area contributed by atoms with E-state index < -0.39 is 0 Å². The van der Waals surface area contributed by atoms with Crippen LogP contribution in [0.15, 0.2) is 24.4 Å². The van der Waals surface area contributed by atoms with Crippen LogP contribution in [0.5, 0.6) is 0 Å². The van der Waals surface area contributed by atoms with E-state index >= 15 is 0 Å². The van der Waals surface area contributed by atoms with Crippen molar-refractivity contribution in [2.75, 3.05) is 6.54 Å². The van der Waals surface area contributed by atoms with Gasteiger partial charge in [-0.25, -0.2) is 9.97 Å². The van der Waals surface area contributed by atoms with Crippen LogP contribution < -0.4 is 0 Å². The third kappa shape index (κ3) is 2.59. The Morgan fingerprint density at radius 2 is 2.05 bits per heavy atom. The summed E-state index contributed by atoms with van der Waals surface area (Å²) in [5.41, 5.74) is 6.74. The predicted molar refractivity (Wildman–Crippen MR) is 80.5 cm³/mol. The fraction of sp³-hybridized carbons (Fsp3) is 0.412. The summed E-state index contributed by atoms with van der Waals surface area (Å²) in [5, 5.41) is 0. The van der Waals surface area contributed by atoms with E-state index in [1.807, 2.05) is 13.1 Å². The molecule has 1 aliphatic rings. The first-order valence-electron chi connectivity index (χ1n) is 7.22. The molecule has 3 nitrogen and oxygen atoms in total. The van der Waals surface area contributed by atoms with Crippen LogP contribution in [0, 0.1) is 20.8 Å². The van der Waals surface area contributed by atoms with E-state index in [4.69, 9.17) is 0 Å². The molecule has 0 N–H and O–H groups in total. The van der Waals surface area contributed by atoms with Gasteiger partial charge in [-0.1, -0.05) is 18.2 Å². The van der Waals surface area contributed by atoms with Crippen LogP contribution in [0.3, 0.4) is 0 Å². The molecule has 0 amide bonds. The number of aryl methyl sites for hydroxylation is 2. The lowest BCUT2D eigenvalue weighted by Crippen LogP contribution is -2.31.